The summed E-state index contributed by atoms with van der Waals surface area (Å²) in [5.41, 5.74) is -0.102. The van der Waals surface area contributed by atoms with E-state index in [0.717, 1.165) is 4.68 Å². The number of aromatic amines is 1. The second kappa shape index (κ2) is 8.39. The zero-order chi connectivity index (χ0) is 22.0. The molecule has 8 nitrogen and oxygen atoms in total. The lowest BCUT2D eigenvalue weighted by Gasteiger charge is -2.19. The maximum atomic E-state index is 13.4. The quantitative estimate of drug-likeness (QED) is 0.496. The number of carbonyl (C=O) groups excluding carboxylic acids is 1. The third kappa shape index (κ3) is 4.16. The maximum absolute atomic E-state index is 13.4. The van der Waals surface area contributed by atoms with Crippen LogP contribution in [0.25, 0.3) is 10.8 Å². The van der Waals surface area contributed by atoms with Crippen LogP contribution in [0.1, 0.15) is 23.9 Å². The van der Waals surface area contributed by atoms with Crippen molar-refractivity contribution in [1.29, 1.82) is 0 Å². The molecule has 31 heavy (non-hydrogen) atoms. The van der Waals surface area contributed by atoms with E-state index in [0.29, 0.717) is 22.2 Å². The maximum Gasteiger partial charge on any atom is 0.273 e. The van der Waals surface area contributed by atoms with Crippen LogP contribution in [-0.2, 0) is 18.4 Å². The molecular formula is C22H20FN5O3. The van der Waals surface area contributed by atoms with Crippen molar-refractivity contribution in [3.05, 3.63) is 98.8 Å². The molecule has 1 atom stereocenters. The van der Waals surface area contributed by atoms with Gasteiger partial charge in [-0.1, -0.05) is 24.3 Å². The lowest BCUT2D eigenvalue weighted by atomic mass is 10.1. The van der Waals surface area contributed by atoms with Gasteiger partial charge in [0.05, 0.1) is 17.3 Å². The van der Waals surface area contributed by atoms with Gasteiger partial charge in [0.1, 0.15) is 17.7 Å². The van der Waals surface area contributed by atoms with Gasteiger partial charge < -0.3 is 9.88 Å². The van der Waals surface area contributed by atoms with Gasteiger partial charge in [-0.15, -0.1) is 0 Å². The summed E-state index contributed by atoms with van der Waals surface area (Å²) in [5, 5.41) is 6.00. The lowest BCUT2D eigenvalue weighted by molar-refractivity contribution is -0.121. The van der Waals surface area contributed by atoms with Gasteiger partial charge in [0.25, 0.3) is 11.1 Å². The predicted molar refractivity (Wildman–Crippen MR) is 113 cm³/mol. The van der Waals surface area contributed by atoms with Crippen LogP contribution >= 0.6 is 0 Å². The molecule has 0 radical (unpaired) electrons. The van der Waals surface area contributed by atoms with Crippen LogP contribution in [0.2, 0.25) is 0 Å². The normalized spacial score (nSPS) is 12.1. The number of aryl methyl sites for hydroxylation is 2. The molecule has 0 aliphatic rings. The molecule has 9 heteroatoms. The molecule has 0 saturated heterocycles. The molecule has 158 valence electrons. The van der Waals surface area contributed by atoms with Gasteiger partial charge in [0, 0.05) is 25.9 Å². The average Bonchev–Trinajstić information content (AvgIpc) is 3.20. The topological polar surface area (TPSA) is 102 Å². The molecule has 4 aromatic rings. The van der Waals surface area contributed by atoms with Gasteiger partial charge in [-0.25, -0.2) is 14.1 Å². The first kappa shape index (κ1) is 20.3. The number of fused-ring (bicyclic) bond motifs is 1. The second-order valence-electron chi connectivity index (χ2n) is 7.14. The molecule has 0 aliphatic heterocycles. The third-order valence-corrected chi connectivity index (χ3v) is 5.07. The second-order valence-corrected chi connectivity index (χ2v) is 7.14. The Hall–Kier alpha value is -4.01. The van der Waals surface area contributed by atoms with E-state index in [1.54, 1.807) is 60.4 Å². The van der Waals surface area contributed by atoms with Gasteiger partial charge in [-0.05, 0) is 29.8 Å². The molecule has 0 saturated carbocycles. The standard InChI is InChI=1S/C22H20FN5O3/c1-27-13-11-24-20(27)19(14-6-8-15(23)9-7-14)25-18(29)10-12-28-22(31)17-5-3-2-4-16(17)21(30)26-28/h2-9,11,13,19H,10,12H2,1H3,(H,25,29)(H,26,30). The van der Waals surface area contributed by atoms with E-state index in [4.69, 9.17) is 0 Å². The van der Waals surface area contributed by atoms with Crippen molar-refractivity contribution in [2.45, 2.75) is 19.0 Å². The monoisotopic (exact) mass is 421 g/mol. The number of benzene rings is 2. The Morgan fingerprint density at radius 1 is 1.13 bits per heavy atom. The summed E-state index contributed by atoms with van der Waals surface area (Å²) >= 11 is 0. The lowest BCUT2D eigenvalue weighted by Crippen LogP contribution is -2.34. The highest BCUT2D eigenvalue weighted by atomic mass is 19.1. The fourth-order valence-electron chi connectivity index (χ4n) is 3.46. The van der Waals surface area contributed by atoms with Crippen LogP contribution in [-0.4, -0.2) is 25.2 Å². The zero-order valence-corrected chi connectivity index (χ0v) is 16.7. The van der Waals surface area contributed by atoms with Crippen LogP contribution < -0.4 is 16.4 Å². The highest BCUT2D eigenvalue weighted by Crippen LogP contribution is 2.21. The average molecular weight is 421 g/mol. The Kier molecular flexibility index (Phi) is 5.48. The van der Waals surface area contributed by atoms with Gasteiger partial charge >= 0.3 is 0 Å². The number of hydrogen-bond donors (Lipinski definition) is 2. The molecule has 2 N–H and O–H groups in total. The van der Waals surface area contributed by atoms with E-state index >= 15 is 0 Å². The summed E-state index contributed by atoms with van der Waals surface area (Å²) < 4.78 is 16.3. The van der Waals surface area contributed by atoms with Gasteiger partial charge in [0.15, 0.2) is 0 Å². The zero-order valence-electron chi connectivity index (χ0n) is 16.7. The van der Waals surface area contributed by atoms with Gasteiger partial charge in [0.2, 0.25) is 5.91 Å². The first-order valence-electron chi connectivity index (χ1n) is 9.68. The Morgan fingerprint density at radius 2 is 1.84 bits per heavy atom. The number of rotatable bonds is 6. The van der Waals surface area contributed by atoms with Crippen molar-refractivity contribution in [2.75, 3.05) is 0 Å². The molecule has 0 fully saturated rings. The van der Waals surface area contributed by atoms with Gasteiger partial charge in [-0.3, -0.25) is 19.5 Å². The number of imidazole rings is 1. The number of nitrogens with one attached hydrogen (secondary N) is 2. The van der Waals surface area contributed by atoms with E-state index < -0.39 is 11.6 Å². The first-order chi connectivity index (χ1) is 14.9. The summed E-state index contributed by atoms with van der Waals surface area (Å²) in [6.07, 6.45) is 3.31. The number of nitrogens with zero attached hydrogens (tertiary/aromatic N) is 3. The van der Waals surface area contributed by atoms with Crippen molar-refractivity contribution in [1.82, 2.24) is 24.6 Å². The van der Waals surface area contributed by atoms with Crippen molar-refractivity contribution in [2.24, 2.45) is 7.05 Å². The Bertz CT molecular complexity index is 1350. The Balaban J connectivity index is 1.55. The fourth-order valence-corrected chi connectivity index (χ4v) is 3.46. The molecule has 0 spiro atoms. The van der Waals surface area contributed by atoms with Crippen LogP contribution in [0.4, 0.5) is 4.39 Å². The molecule has 2 aromatic heterocycles. The number of halogens is 1. The molecule has 4 rings (SSSR count). The fraction of sp³-hybridized carbons (Fsp3) is 0.182. The number of H-pyrrole nitrogens is 1. The largest absolute Gasteiger partial charge is 0.342 e. The number of amides is 1. The molecule has 2 aromatic carbocycles. The van der Waals surface area contributed by atoms with Crippen LogP contribution in [0.15, 0.2) is 70.5 Å². The van der Waals surface area contributed by atoms with E-state index in [2.05, 4.69) is 15.4 Å². The highest BCUT2D eigenvalue weighted by Gasteiger charge is 2.21. The minimum Gasteiger partial charge on any atom is -0.342 e. The smallest absolute Gasteiger partial charge is 0.273 e. The van der Waals surface area contributed by atoms with E-state index in [9.17, 15) is 18.8 Å². The summed E-state index contributed by atoms with van der Waals surface area (Å²) in [4.78, 5) is 41.8. The minimum absolute atomic E-state index is 0.00143. The summed E-state index contributed by atoms with van der Waals surface area (Å²) in [6.45, 7) is 0.00143. The number of carbonyl (C=O) groups is 1. The molecular weight excluding hydrogens is 401 g/mol. The third-order valence-electron chi connectivity index (χ3n) is 5.07. The highest BCUT2D eigenvalue weighted by molar-refractivity contribution is 5.80. The van der Waals surface area contributed by atoms with E-state index in [1.165, 1.54) is 12.1 Å². The summed E-state index contributed by atoms with van der Waals surface area (Å²) in [7, 11) is 1.80. The Labute approximate surface area is 176 Å². The predicted octanol–water partition coefficient (Wildman–Crippen LogP) is 1.86. The Morgan fingerprint density at radius 3 is 2.52 bits per heavy atom. The first-order valence-corrected chi connectivity index (χ1v) is 9.68. The van der Waals surface area contributed by atoms with Crippen LogP contribution in [0.5, 0.6) is 0 Å². The molecule has 1 unspecified atom stereocenters. The van der Waals surface area contributed by atoms with E-state index in [-0.39, 0.29) is 30.2 Å². The number of hydrogen-bond acceptors (Lipinski definition) is 4. The molecule has 0 bridgehead atoms. The summed E-state index contributed by atoms with van der Waals surface area (Å²) in [6, 6.07) is 11.7. The van der Waals surface area contributed by atoms with Crippen molar-refractivity contribution < 1.29 is 9.18 Å². The van der Waals surface area contributed by atoms with Crippen LogP contribution in [0, 0.1) is 5.82 Å². The molecule has 2 heterocycles. The SMILES string of the molecule is Cn1ccnc1C(NC(=O)CCn1[nH]c(=O)c2ccccc2c1=O)c1ccc(F)cc1. The van der Waals surface area contributed by atoms with Gasteiger partial charge in [-0.2, -0.15) is 0 Å². The van der Waals surface area contributed by atoms with Crippen molar-refractivity contribution in [3.63, 3.8) is 0 Å². The summed E-state index contributed by atoms with van der Waals surface area (Å²) in [5.74, 6) is -0.150. The minimum atomic E-state index is -0.597. The van der Waals surface area contributed by atoms with Crippen molar-refractivity contribution in [3.8, 4) is 0 Å². The van der Waals surface area contributed by atoms with E-state index in [1.807, 2.05) is 0 Å². The van der Waals surface area contributed by atoms with Crippen LogP contribution in [0.3, 0.4) is 0 Å². The van der Waals surface area contributed by atoms with Crippen molar-refractivity contribution >= 4 is 16.7 Å². The molecule has 0 aliphatic carbocycles. The molecule has 1 amide bonds. The number of aromatic nitrogens is 4.